The topological polar surface area (TPSA) is 46.5 Å². The van der Waals surface area contributed by atoms with Crippen LogP contribution >= 0.6 is 0 Å². The predicted molar refractivity (Wildman–Crippen MR) is 65.4 cm³/mol. The van der Waals surface area contributed by atoms with Crippen LogP contribution in [0.25, 0.3) is 0 Å². The lowest BCUT2D eigenvalue weighted by Gasteiger charge is -2.47. The largest absolute Gasteiger partial charge is 0.469 e. The van der Waals surface area contributed by atoms with E-state index in [0.29, 0.717) is 11.8 Å². The van der Waals surface area contributed by atoms with Crippen LogP contribution in [0.1, 0.15) is 46.0 Å². The van der Waals surface area contributed by atoms with Crippen LogP contribution in [0, 0.1) is 23.2 Å². The van der Waals surface area contributed by atoms with Crippen molar-refractivity contribution in [3.63, 3.8) is 0 Å². The standard InChI is InChI=1S/C14H24O3/c1-4-6-14-7-5-10(9(14)2)8-11(15)12(14)13(16)17-3/h9-12,15H,4-8H2,1-3H3/t9-,10+,11-,12?,14?/m0/s1. The second-order valence-corrected chi connectivity index (χ2v) is 5.87. The number of carbonyl (C=O) groups excluding carboxylic acids is 1. The van der Waals surface area contributed by atoms with E-state index in [2.05, 4.69) is 13.8 Å². The van der Waals surface area contributed by atoms with Crippen LogP contribution in [-0.2, 0) is 9.53 Å². The normalized spacial score (nSPS) is 44.7. The molecular weight excluding hydrogens is 216 g/mol. The third-order valence-corrected chi connectivity index (χ3v) is 5.31. The molecule has 98 valence electrons. The molecule has 2 saturated carbocycles. The van der Waals surface area contributed by atoms with E-state index in [1.807, 2.05) is 0 Å². The molecule has 1 N–H and O–H groups in total. The van der Waals surface area contributed by atoms with Gasteiger partial charge < -0.3 is 9.84 Å². The van der Waals surface area contributed by atoms with Gasteiger partial charge in [-0.1, -0.05) is 20.3 Å². The number of ether oxygens (including phenoxy) is 1. The quantitative estimate of drug-likeness (QED) is 0.770. The molecule has 2 unspecified atom stereocenters. The summed E-state index contributed by atoms with van der Waals surface area (Å²) in [4.78, 5) is 12.0. The molecule has 3 heteroatoms. The molecule has 0 saturated heterocycles. The Morgan fingerprint density at radius 2 is 2.24 bits per heavy atom. The van der Waals surface area contributed by atoms with Gasteiger partial charge in [0.15, 0.2) is 0 Å². The zero-order chi connectivity index (χ0) is 12.6. The molecule has 3 nitrogen and oxygen atoms in total. The number of rotatable bonds is 3. The molecule has 0 aromatic heterocycles. The van der Waals surface area contributed by atoms with E-state index in [0.717, 1.165) is 32.1 Å². The maximum Gasteiger partial charge on any atom is 0.311 e. The molecular formula is C14H24O3. The van der Waals surface area contributed by atoms with Crippen molar-refractivity contribution in [2.24, 2.45) is 23.2 Å². The van der Waals surface area contributed by atoms with E-state index in [9.17, 15) is 9.90 Å². The number of aliphatic hydroxyl groups is 1. The third-order valence-electron chi connectivity index (χ3n) is 5.31. The van der Waals surface area contributed by atoms with Crippen LogP contribution in [0.5, 0.6) is 0 Å². The summed E-state index contributed by atoms with van der Waals surface area (Å²) in [6.45, 7) is 4.42. The maximum atomic E-state index is 12.0. The summed E-state index contributed by atoms with van der Waals surface area (Å²) in [6.07, 6.45) is 4.60. The SMILES string of the molecule is CCCC12CC[C@H](C[C@H](O)C1C(=O)OC)[C@@H]2C. The molecule has 0 aromatic carbocycles. The van der Waals surface area contributed by atoms with E-state index in [-0.39, 0.29) is 17.3 Å². The Morgan fingerprint density at radius 3 is 2.82 bits per heavy atom. The molecule has 2 aliphatic carbocycles. The van der Waals surface area contributed by atoms with Gasteiger partial charge in [-0.15, -0.1) is 0 Å². The summed E-state index contributed by atoms with van der Waals surface area (Å²) in [5, 5.41) is 10.3. The van der Waals surface area contributed by atoms with Crippen LogP contribution in [0.4, 0.5) is 0 Å². The average Bonchev–Trinajstić information content (AvgIpc) is 2.51. The number of methoxy groups -OCH3 is 1. The molecule has 5 atom stereocenters. The Kier molecular flexibility index (Phi) is 3.48. The first-order chi connectivity index (χ1) is 8.06. The molecule has 0 spiro atoms. The lowest BCUT2D eigenvalue weighted by molar-refractivity contribution is -0.164. The third kappa shape index (κ3) is 1.79. The molecule has 0 aliphatic heterocycles. The Hall–Kier alpha value is -0.570. The van der Waals surface area contributed by atoms with Crippen molar-refractivity contribution in [2.75, 3.05) is 7.11 Å². The van der Waals surface area contributed by atoms with Gasteiger partial charge in [-0.3, -0.25) is 4.79 Å². The molecule has 2 fully saturated rings. The number of carbonyl (C=O) groups is 1. The van der Waals surface area contributed by atoms with Crippen molar-refractivity contribution in [1.29, 1.82) is 0 Å². The van der Waals surface area contributed by atoms with Gasteiger partial charge in [-0.25, -0.2) is 0 Å². The fourth-order valence-electron chi connectivity index (χ4n) is 4.48. The fourth-order valence-corrected chi connectivity index (χ4v) is 4.48. The fraction of sp³-hybridized carbons (Fsp3) is 0.929. The van der Waals surface area contributed by atoms with Crippen LogP contribution in [0.15, 0.2) is 0 Å². The summed E-state index contributed by atoms with van der Waals surface area (Å²) in [6, 6.07) is 0. The van der Waals surface area contributed by atoms with Gasteiger partial charge in [-0.2, -0.15) is 0 Å². The smallest absolute Gasteiger partial charge is 0.311 e. The van der Waals surface area contributed by atoms with Gasteiger partial charge in [0.05, 0.1) is 19.1 Å². The van der Waals surface area contributed by atoms with Gasteiger partial charge in [0, 0.05) is 0 Å². The summed E-state index contributed by atoms with van der Waals surface area (Å²) in [5.41, 5.74) is -0.00975. The zero-order valence-corrected chi connectivity index (χ0v) is 11.1. The molecule has 17 heavy (non-hydrogen) atoms. The first-order valence-corrected chi connectivity index (χ1v) is 6.82. The van der Waals surface area contributed by atoms with Crippen molar-refractivity contribution < 1.29 is 14.6 Å². The highest BCUT2D eigenvalue weighted by Gasteiger charge is 2.59. The lowest BCUT2D eigenvalue weighted by Crippen LogP contribution is -2.50. The minimum atomic E-state index is -0.502. The Balaban J connectivity index is 2.34. The van der Waals surface area contributed by atoms with Crippen molar-refractivity contribution in [1.82, 2.24) is 0 Å². The van der Waals surface area contributed by atoms with Crippen molar-refractivity contribution in [2.45, 2.75) is 52.1 Å². The second kappa shape index (κ2) is 4.60. The summed E-state index contributed by atoms with van der Waals surface area (Å²) in [7, 11) is 1.43. The van der Waals surface area contributed by atoms with Crippen LogP contribution in [0.2, 0.25) is 0 Å². The highest BCUT2D eigenvalue weighted by atomic mass is 16.5. The van der Waals surface area contributed by atoms with E-state index in [1.165, 1.54) is 7.11 Å². The first kappa shape index (κ1) is 12.9. The monoisotopic (exact) mass is 240 g/mol. The second-order valence-electron chi connectivity index (χ2n) is 5.87. The molecule has 2 aliphatic rings. The van der Waals surface area contributed by atoms with E-state index < -0.39 is 6.10 Å². The molecule has 0 heterocycles. The van der Waals surface area contributed by atoms with Gasteiger partial charge in [0.2, 0.25) is 0 Å². The van der Waals surface area contributed by atoms with Gasteiger partial charge in [0.1, 0.15) is 0 Å². The summed E-state index contributed by atoms with van der Waals surface area (Å²) < 4.78 is 4.93. The Labute approximate surface area is 104 Å². The predicted octanol–water partition coefficient (Wildman–Crippen LogP) is 2.37. The van der Waals surface area contributed by atoms with E-state index >= 15 is 0 Å². The van der Waals surface area contributed by atoms with Gasteiger partial charge in [-0.05, 0) is 42.9 Å². The molecule has 2 rings (SSSR count). The van der Waals surface area contributed by atoms with Crippen molar-refractivity contribution >= 4 is 5.97 Å². The minimum Gasteiger partial charge on any atom is -0.469 e. The zero-order valence-electron chi connectivity index (χ0n) is 11.1. The molecule has 0 aromatic rings. The Morgan fingerprint density at radius 1 is 1.53 bits per heavy atom. The highest BCUT2D eigenvalue weighted by molar-refractivity contribution is 5.74. The molecule has 0 amide bonds. The number of fused-ring (bicyclic) bond motifs is 2. The maximum absolute atomic E-state index is 12.0. The number of aliphatic hydroxyl groups excluding tert-OH is 1. The van der Waals surface area contributed by atoms with Crippen LogP contribution in [-0.4, -0.2) is 24.3 Å². The lowest BCUT2D eigenvalue weighted by atomic mass is 9.58. The van der Waals surface area contributed by atoms with Crippen LogP contribution < -0.4 is 0 Å². The first-order valence-electron chi connectivity index (χ1n) is 6.82. The van der Waals surface area contributed by atoms with Crippen molar-refractivity contribution in [3.05, 3.63) is 0 Å². The molecule has 0 radical (unpaired) electrons. The Bertz CT molecular complexity index is 298. The van der Waals surface area contributed by atoms with E-state index in [1.54, 1.807) is 0 Å². The van der Waals surface area contributed by atoms with Gasteiger partial charge >= 0.3 is 5.97 Å². The number of esters is 1. The molecule has 2 bridgehead atoms. The highest BCUT2D eigenvalue weighted by Crippen LogP contribution is 2.60. The van der Waals surface area contributed by atoms with Gasteiger partial charge in [0.25, 0.3) is 0 Å². The number of hydrogen-bond acceptors (Lipinski definition) is 3. The van der Waals surface area contributed by atoms with Crippen LogP contribution in [0.3, 0.4) is 0 Å². The van der Waals surface area contributed by atoms with Crippen molar-refractivity contribution in [3.8, 4) is 0 Å². The van der Waals surface area contributed by atoms with E-state index in [4.69, 9.17) is 4.74 Å². The summed E-state index contributed by atoms with van der Waals surface area (Å²) >= 11 is 0. The number of hydrogen-bond donors (Lipinski definition) is 1. The summed E-state index contributed by atoms with van der Waals surface area (Å²) in [5.74, 6) is 0.617. The average molecular weight is 240 g/mol. The minimum absolute atomic E-state index is 0.00975.